The van der Waals surface area contributed by atoms with E-state index in [0.717, 1.165) is 45.3 Å². The van der Waals surface area contributed by atoms with Gasteiger partial charge < -0.3 is 25.7 Å². The Morgan fingerprint density at radius 2 is 2.25 bits per heavy atom. The quantitative estimate of drug-likeness (QED) is 0.499. The number of carbonyl (C=O) groups excluding carboxylic acids is 1. The number of aliphatic hydroxyl groups excluding tert-OH is 2. The molecule has 2 rings (SSSR count). The molecule has 2 aliphatic heterocycles. The molecule has 0 radical (unpaired) electrons. The molecule has 1 amide bonds. The number of carbonyl (C=O) groups is 1. The molecule has 3 atom stereocenters. The van der Waals surface area contributed by atoms with Crippen molar-refractivity contribution < 1.29 is 15.0 Å². The van der Waals surface area contributed by atoms with Crippen LogP contribution in [0.15, 0.2) is 0 Å². The zero-order valence-corrected chi connectivity index (χ0v) is 12.1. The second kappa shape index (κ2) is 7.93. The SMILES string of the molecule is O=C(NCC1CCCN(CC(O)CO)C1)C1CCCN1. The Morgan fingerprint density at radius 3 is 2.95 bits per heavy atom. The monoisotopic (exact) mass is 285 g/mol. The van der Waals surface area contributed by atoms with Gasteiger partial charge in [-0.05, 0) is 44.7 Å². The number of nitrogens with one attached hydrogen (secondary N) is 2. The average Bonchev–Trinajstić information content (AvgIpc) is 2.99. The van der Waals surface area contributed by atoms with Gasteiger partial charge in [0.1, 0.15) is 0 Å². The van der Waals surface area contributed by atoms with E-state index in [9.17, 15) is 9.90 Å². The predicted molar refractivity (Wildman–Crippen MR) is 76.3 cm³/mol. The van der Waals surface area contributed by atoms with Gasteiger partial charge in [0.15, 0.2) is 0 Å². The van der Waals surface area contributed by atoms with Gasteiger partial charge >= 0.3 is 0 Å². The Kier molecular flexibility index (Phi) is 6.22. The van der Waals surface area contributed by atoms with Crippen LogP contribution in [-0.4, -0.2) is 72.5 Å². The Morgan fingerprint density at radius 1 is 1.40 bits per heavy atom. The standard InChI is InChI=1S/C14H27N3O3/c18-10-12(19)9-17-6-2-3-11(8-17)7-16-14(20)13-4-1-5-15-13/h11-13,15,18-19H,1-10H2,(H,16,20). The van der Waals surface area contributed by atoms with E-state index < -0.39 is 6.10 Å². The van der Waals surface area contributed by atoms with Gasteiger partial charge in [0.2, 0.25) is 5.91 Å². The van der Waals surface area contributed by atoms with E-state index in [1.165, 1.54) is 0 Å². The minimum Gasteiger partial charge on any atom is -0.394 e. The molecule has 0 aromatic heterocycles. The summed E-state index contributed by atoms with van der Waals surface area (Å²) in [6.07, 6.45) is 3.55. The molecule has 6 nitrogen and oxygen atoms in total. The summed E-state index contributed by atoms with van der Waals surface area (Å²) in [6.45, 7) is 3.83. The van der Waals surface area contributed by atoms with Crippen molar-refractivity contribution in [3.8, 4) is 0 Å². The first kappa shape index (κ1) is 15.7. The fraction of sp³-hybridized carbons (Fsp3) is 0.929. The van der Waals surface area contributed by atoms with Crippen LogP contribution in [-0.2, 0) is 4.79 Å². The number of nitrogens with zero attached hydrogens (tertiary/aromatic N) is 1. The zero-order valence-electron chi connectivity index (χ0n) is 12.1. The summed E-state index contributed by atoms with van der Waals surface area (Å²) in [5, 5.41) is 24.6. The maximum atomic E-state index is 11.9. The van der Waals surface area contributed by atoms with Gasteiger partial charge in [0, 0.05) is 19.6 Å². The van der Waals surface area contributed by atoms with Crippen molar-refractivity contribution in [2.75, 3.05) is 39.3 Å². The highest BCUT2D eigenvalue weighted by Gasteiger charge is 2.25. The molecular weight excluding hydrogens is 258 g/mol. The topological polar surface area (TPSA) is 84.8 Å². The highest BCUT2D eigenvalue weighted by atomic mass is 16.3. The summed E-state index contributed by atoms with van der Waals surface area (Å²) in [6, 6.07) is -0.00842. The first-order chi connectivity index (χ1) is 9.69. The van der Waals surface area contributed by atoms with E-state index in [0.29, 0.717) is 19.0 Å². The molecular formula is C14H27N3O3. The molecule has 0 saturated carbocycles. The van der Waals surface area contributed by atoms with Gasteiger partial charge in [-0.1, -0.05) is 0 Å². The van der Waals surface area contributed by atoms with Gasteiger partial charge in [0.25, 0.3) is 0 Å². The summed E-state index contributed by atoms with van der Waals surface area (Å²) >= 11 is 0. The van der Waals surface area contributed by atoms with Gasteiger partial charge in [-0.15, -0.1) is 0 Å². The van der Waals surface area contributed by atoms with Crippen molar-refractivity contribution in [3.05, 3.63) is 0 Å². The zero-order chi connectivity index (χ0) is 14.4. The van der Waals surface area contributed by atoms with Gasteiger partial charge in [0.05, 0.1) is 18.8 Å². The number of likely N-dealkylation sites (tertiary alicyclic amines) is 1. The minimum absolute atomic E-state index is 0.00842. The first-order valence-corrected chi connectivity index (χ1v) is 7.71. The van der Waals surface area contributed by atoms with Crippen molar-refractivity contribution in [1.82, 2.24) is 15.5 Å². The summed E-state index contributed by atoms with van der Waals surface area (Å²) in [4.78, 5) is 14.1. The van der Waals surface area contributed by atoms with Gasteiger partial charge in [-0.25, -0.2) is 0 Å². The Hall–Kier alpha value is -0.690. The molecule has 20 heavy (non-hydrogen) atoms. The molecule has 0 bridgehead atoms. The van der Waals surface area contributed by atoms with Crippen molar-refractivity contribution >= 4 is 5.91 Å². The second-order valence-electron chi connectivity index (χ2n) is 6.00. The summed E-state index contributed by atoms with van der Waals surface area (Å²) in [7, 11) is 0. The molecule has 4 N–H and O–H groups in total. The number of amides is 1. The van der Waals surface area contributed by atoms with E-state index in [-0.39, 0.29) is 18.6 Å². The van der Waals surface area contributed by atoms with Crippen LogP contribution in [0.5, 0.6) is 0 Å². The Bertz CT molecular complexity index is 308. The highest BCUT2D eigenvalue weighted by molar-refractivity contribution is 5.81. The minimum atomic E-state index is -0.661. The lowest BCUT2D eigenvalue weighted by molar-refractivity contribution is -0.123. The normalized spacial score (nSPS) is 29.3. The first-order valence-electron chi connectivity index (χ1n) is 7.71. The molecule has 0 aliphatic carbocycles. The van der Waals surface area contributed by atoms with E-state index in [4.69, 9.17) is 5.11 Å². The predicted octanol–water partition coefficient (Wildman–Crippen LogP) is -1.08. The molecule has 0 aromatic rings. The number of aliphatic hydroxyl groups is 2. The van der Waals surface area contributed by atoms with E-state index >= 15 is 0 Å². The van der Waals surface area contributed by atoms with Crippen molar-refractivity contribution in [2.45, 2.75) is 37.8 Å². The Labute approximate surface area is 120 Å². The number of hydrogen-bond acceptors (Lipinski definition) is 5. The number of β-amino-alcohol motifs (C(OH)–C–C–N with tert-alkyl or cyclic N) is 1. The molecule has 2 heterocycles. The van der Waals surface area contributed by atoms with Crippen molar-refractivity contribution in [3.63, 3.8) is 0 Å². The fourth-order valence-electron chi connectivity index (χ4n) is 3.12. The Balaban J connectivity index is 1.68. The third-order valence-electron chi connectivity index (χ3n) is 4.22. The smallest absolute Gasteiger partial charge is 0.237 e. The maximum Gasteiger partial charge on any atom is 0.237 e. The fourth-order valence-corrected chi connectivity index (χ4v) is 3.12. The van der Waals surface area contributed by atoms with Crippen LogP contribution in [0.1, 0.15) is 25.7 Å². The maximum absolute atomic E-state index is 11.9. The summed E-state index contributed by atoms with van der Waals surface area (Å²) in [5.74, 6) is 0.565. The molecule has 2 saturated heterocycles. The van der Waals surface area contributed by atoms with Crippen LogP contribution >= 0.6 is 0 Å². The van der Waals surface area contributed by atoms with E-state index in [1.54, 1.807) is 0 Å². The molecule has 6 heteroatoms. The second-order valence-corrected chi connectivity index (χ2v) is 6.00. The van der Waals surface area contributed by atoms with Crippen molar-refractivity contribution in [2.24, 2.45) is 5.92 Å². The van der Waals surface area contributed by atoms with E-state index in [1.807, 2.05) is 0 Å². The third-order valence-corrected chi connectivity index (χ3v) is 4.22. The van der Waals surface area contributed by atoms with Crippen LogP contribution < -0.4 is 10.6 Å². The van der Waals surface area contributed by atoms with Crippen LogP contribution in [0.3, 0.4) is 0 Å². The highest BCUT2D eigenvalue weighted by Crippen LogP contribution is 2.16. The largest absolute Gasteiger partial charge is 0.394 e. The van der Waals surface area contributed by atoms with E-state index in [2.05, 4.69) is 15.5 Å². The molecule has 116 valence electrons. The van der Waals surface area contributed by atoms with Crippen molar-refractivity contribution in [1.29, 1.82) is 0 Å². The van der Waals surface area contributed by atoms with Crippen LogP contribution in [0, 0.1) is 5.92 Å². The molecule has 2 aliphatic rings. The molecule has 0 spiro atoms. The van der Waals surface area contributed by atoms with Gasteiger partial charge in [-0.3, -0.25) is 4.79 Å². The van der Waals surface area contributed by atoms with Crippen LogP contribution in [0.4, 0.5) is 0 Å². The lowest BCUT2D eigenvalue weighted by Gasteiger charge is -2.33. The number of hydrogen-bond donors (Lipinski definition) is 4. The molecule has 3 unspecified atom stereocenters. The third kappa shape index (κ3) is 4.70. The molecule has 2 fully saturated rings. The average molecular weight is 285 g/mol. The lowest BCUT2D eigenvalue weighted by Crippen LogP contribution is -2.47. The summed E-state index contributed by atoms with van der Waals surface area (Å²) < 4.78 is 0. The summed E-state index contributed by atoms with van der Waals surface area (Å²) in [5.41, 5.74) is 0. The lowest BCUT2D eigenvalue weighted by atomic mass is 9.97. The van der Waals surface area contributed by atoms with Gasteiger partial charge in [-0.2, -0.15) is 0 Å². The van der Waals surface area contributed by atoms with Crippen LogP contribution in [0.2, 0.25) is 0 Å². The molecule has 0 aromatic carbocycles. The number of rotatable bonds is 6. The van der Waals surface area contributed by atoms with Crippen LogP contribution in [0.25, 0.3) is 0 Å². The number of piperidine rings is 1.